The maximum absolute atomic E-state index is 4.09. The smallest absolute Gasteiger partial charge is 0.137 e. The molecule has 66 valence electrons. The van der Waals surface area contributed by atoms with Gasteiger partial charge in [0.15, 0.2) is 0 Å². The van der Waals surface area contributed by atoms with E-state index in [1.165, 1.54) is 5.56 Å². The summed E-state index contributed by atoms with van der Waals surface area (Å²) < 4.78 is 2.05. The van der Waals surface area contributed by atoms with Crippen LogP contribution < -0.4 is 0 Å². The van der Waals surface area contributed by atoms with Crippen molar-refractivity contribution in [2.24, 2.45) is 0 Å². The predicted octanol–water partition coefficient (Wildman–Crippen LogP) is 2.26. The van der Waals surface area contributed by atoms with Crippen molar-refractivity contribution in [1.82, 2.24) is 14.8 Å². The Balaban J connectivity index is 2.29. The van der Waals surface area contributed by atoms with Crippen LogP contribution in [0.1, 0.15) is 9.61 Å². The first-order valence-electron chi connectivity index (χ1n) is 3.91. The maximum atomic E-state index is 4.09. The van der Waals surface area contributed by atoms with Gasteiger partial charge in [0.05, 0.1) is 0 Å². The van der Waals surface area contributed by atoms with Gasteiger partial charge in [-0.1, -0.05) is 52.9 Å². The molecule has 0 aliphatic heterocycles. The Hall–Kier alpha value is -0.910. The number of hydrogen-bond acceptors (Lipinski definition) is 2. The minimum atomic E-state index is 0.223. The van der Waals surface area contributed by atoms with E-state index >= 15 is 0 Å². The van der Waals surface area contributed by atoms with Crippen LogP contribution in [0.25, 0.3) is 0 Å². The summed E-state index contributed by atoms with van der Waals surface area (Å²) in [4.78, 5) is 3.92. The number of hydrogen-bond donors (Lipinski definition) is 0. The topological polar surface area (TPSA) is 30.7 Å². The Morgan fingerprint density at radius 3 is 2.62 bits per heavy atom. The number of rotatable bonds is 2. The molecule has 1 aromatic carbocycles. The Morgan fingerprint density at radius 1 is 1.23 bits per heavy atom. The molecule has 0 saturated carbocycles. The fourth-order valence-corrected chi connectivity index (χ4v) is 1.80. The highest BCUT2D eigenvalue weighted by Crippen LogP contribution is 2.23. The second-order valence-electron chi connectivity index (χ2n) is 2.62. The fourth-order valence-electron chi connectivity index (χ4n) is 1.10. The molecule has 1 atom stereocenters. The molecule has 1 aromatic heterocycles. The Bertz CT molecular complexity index is 358. The van der Waals surface area contributed by atoms with Crippen LogP contribution in [-0.4, -0.2) is 14.8 Å². The molecule has 0 saturated heterocycles. The van der Waals surface area contributed by atoms with E-state index in [0.29, 0.717) is 0 Å². The van der Waals surface area contributed by atoms with E-state index in [2.05, 4.69) is 44.8 Å². The van der Waals surface area contributed by atoms with Gasteiger partial charge in [0.2, 0.25) is 0 Å². The highest BCUT2D eigenvalue weighted by molar-refractivity contribution is 14.1. The van der Waals surface area contributed by atoms with Gasteiger partial charge in [-0.3, -0.25) is 0 Å². The summed E-state index contributed by atoms with van der Waals surface area (Å²) >= 11 is 2.33. The predicted molar refractivity (Wildman–Crippen MR) is 58.6 cm³/mol. The molecule has 0 bridgehead atoms. The van der Waals surface area contributed by atoms with Crippen LogP contribution in [0, 0.1) is 0 Å². The van der Waals surface area contributed by atoms with Crippen LogP contribution in [-0.2, 0) is 0 Å². The number of halogens is 1. The highest BCUT2D eigenvalue weighted by atomic mass is 127. The zero-order chi connectivity index (χ0) is 9.10. The van der Waals surface area contributed by atoms with Crippen molar-refractivity contribution < 1.29 is 0 Å². The second-order valence-corrected chi connectivity index (χ2v) is 3.80. The van der Waals surface area contributed by atoms with E-state index < -0.39 is 0 Å². The Kier molecular flexibility index (Phi) is 2.58. The van der Waals surface area contributed by atoms with E-state index in [1.807, 2.05) is 22.9 Å². The molecule has 0 radical (unpaired) electrons. The molecule has 0 N–H and O–H groups in total. The third kappa shape index (κ3) is 1.88. The zero-order valence-electron chi connectivity index (χ0n) is 6.84. The lowest BCUT2D eigenvalue weighted by atomic mass is 10.2. The first kappa shape index (κ1) is 8.68. The van der Waals surface area contributed by atoms with Crippen LogP contribution in [0.15, 0.2) is 43.0 Å². The van der Waals surface area contributed by atoms with Crippen molar-refractivity contribution >= 4 is 22.6 Å². The summed E-state index contributed by atoms with van der Waals surface area (Å²) in [6.07, 6.45) is 3.28. The van der Waals surface area contributed by atoms with E-state index in [1.54, 1.807) is 12.7 Å². The van der Waals surface area contributed by atoms with Crippen LogP contribution >= 0.6 is 22.6 Å². The van der Waals surface area contributed by atoms with Crippen LogP contribution in [0.3, 0.4) is 0 Å². The van der Waals surface area contributed by atoms with E-state index in [-0.39, 0.29) is 4.05 Å². The van der Waals surface area contributed by atoms with Gasteiger partial charge < -0.3 is 0 Å². The molecule has 0 aliphatic carbocycles. The van der Waals surface area contributed by atoms with Crippen molar-refractivity contribution in [2.75, 3.05) is 0 Å². The van der Waals surface area contributed by atoms with Crippen LogP contribution in [0.5, 0.6) is 0 Å². The number of benzene rings is 1. The Labute approximate surface area is 89.9 Å². The van der Waals surface area contributed by atoms with Crippen LogP contribution in [0.4, 0.5) is 0 Å². The standard InChI is InChI=1S/C9H8IN3/c10-9(13-7-11-6-12-13)8-4-2-1-3-5-8/h1-7,9H. The van der Waals surface area contributed by atoms with Gasteiger partial charge in [-0.25, -0.2) is 9.67 Å². The molecular weight excluding hydrogens is 277 g/mol. The Morgan fingerprint density at radius 2 is 2.00 bits per heavy atom. The molecule has 1 unspecified atom stereocenters. The van der Waals surface area contributed by atoms with Gasteiger partial charge >= 0.3 is 0 Å². The molecule has 2 aromatic rings. The average Bonchev–Trinajstić information content (AvgIpc) is 2.71. The lowest BCUT2D eigenvalue weighted by Gasteiger charge is -2.08. The molecule has 1 heterocycles. The van der Waals surface area contributed by atoms with Crippen molar-refractivity contribution in [1.29, 1.82) is 0 Å². The molecule has 0 aliphatic rings. The summed E-state index contributed by atoms with van der Waals surface area (Å²) in [6.45, 7) is 0. The van der Waals surface area contributed by atoms with E-state index in [4.69, 9.17) is 0 Å². The summed E-state index contributed by atoms with van der Waals surface area (Å²) in [6, 6.07) is 10.2. The van der Waals surface area contributed by atoms with Gasteiger partial charge in [0, 0.05) is 0 Å². The molecule has 2 rings (SSSR count). The molecule has 3 nitrogen and oxygen atoms in total. The molecule has 0 spiro atoms. The van der Waals surface area contributed by atoms with E-state index in [9.17, 15) is 0 Å². The highest BCUT2D eigenvalue weighted by Gasteiger charge is 2.07. The zero-order valence-corrected chi connectivity index (χ0v) is 9.00. The third-order valence-corrected chi connectivity index (χ3v) is 3.03. The number of nitrogens with zero attached hydrogens (tertiary/aromatic N) is 3. The summed E-state index contributed by atoms with van der Waals surface area (Å²) in [7, 11) is 0. The molecule has 13 heavy (non-hydrogen) atoms. The minimum Gasteiger partial charge on any atom is -0.236 e. The summed E-state index contributed by atoms with van der Waals surface area (Å²) in [5.74, 6) is 0. The van der Waals surface area contributed by atoms with Gasteiger partial charge in [-0.15, -0.1) is 0 Å². The molecule has 0 amide bonds. The SMILES string of the molecule is IC(c1ccccc1)n1cncn1. The second kappa shape index (κ2) is 3.87. The van der Waals surface area contributed by atoms with Crippen molar-refractivity contribution in [3.63, 3.8) is 0 Å². The average molecular weight is 285 g/mol. The fraction of sp³-hybridized carbons (Fsp3) is 0.111. The summed E-state index contributed by atoms with van der Waals surface area (Å²) in [5.41, 5.74) is 1.23. The van der Waals surface area contributed by atoms with Gasteiger partial charge in [-0.2, -0.15) is 5.10 Å². The van der Waals surface area contributed by atoms with Gasteiger partial charge in [0.25, 0.3) is 0 Å². The molecular formula is C9H8IN3. The number of aromatic nitrogens is 3. The van der Waals surface area contributed by atoms with E-state index in [0.717, 1.165) is 0 Å². The lowest BCUT2D eigenvalue weighted by Crippen LogP contribution is -2.03. The minimum absolute atomic E-state index is 0.223. The number of alkyl halides is 1. The first-order chi connectivity index (χ1) is 6.38. The maximum Gasteiger partial charge on any atom is 0.137 e. The normalized spacial score (nSPS) is 12.7. The van der Waals surface area contributed by atoms with Crippen molar-refractivity contribution in [3.8, 4) is 0 Å². The van der Waals surface area contributed by atoms with Crippen LogP contribution in [0.2, 0.25) is 0 Å². The molecule has 0 fully saturated rings. The van der Waals surface area contributed by atoms with Gasteiger partial charge in [-0.05, 0) is 5.56 Å². The first-order valence-corrected chi connectivity index (χ1v) is 5.15. The summed E-state index contributed by atoms with van der Waals surface area (Å²) in [5, 5.41) is 4.09. The lowest BCUT2D eigenvalue weighted by molar-refractivity contribution is 0.689. The van der Waals surface area contributed by atoms with Gasteiger partial charge in [0.1, 0.15) is 16.7 Å². The quantitative estimate of drug-likeness (QED) is 0.626. The largest absolute Gasteiger partial charge is 0.236 e. The third-order valence-electron chi connectivity index (χ3n) is 1.74. The van der Waals surface area contributed by atoms with Crippen molar-refractivity contribution in [3.05, 3.63) is 48.5 Å². The molecule has 4 heteroatoms. The monoisotopic (exact) mass is 285 g/mol. The van der Waals surface area contributed by atoms with Crippen molar-refractivity contribution in [2.45, 2.75) is 4.05 Å².